The van der Waals surface area contributed by atoms with E-state index in [1.54, 1.807) is 24.3 Å². The van der Waals surface area contributed by atoms with E-state index in [1.807, 2.05) is 16.8 Å². The number of hydrogen-bond acceptors (Lipinski definition) is 1. The summed E-state index contributed by atoms with van der Waals surface area (Å²) >= 11 is 5.84. The van der Waals surface area contributed by atoms with Gasteiger partial charge in [-0.2, -0.15) is 0 Å². The molecule has 22 heavy (non-hydrogen) atoms. The molecule has 3 aromatic rings. The molecular weight excluding hydrogens is 296 g/mol. The number of aromatic nitrogens is 1. The summed E-state index contributed by atoms with van der Waals surface area (Å²) in [5, 5.41) is 4.70. The number of carbonyl (C=O) groups is 1. The van der Waals surface area contributed by atoms with Crippen LogP contribution >= 0.6 is 11.6 Å². The monoisotopic (exact) mass is 312 g/mol. The molecule has 0 aliphatic carbocycles. The molecule has 0 saturated heterocycles. The van der Waals surface area contributed by atoms with Crippen molar-refractivity contribution >= 4 is 34.1 Å². The Morgan fingerprint density at radius 1 is 1.14 bits per heavy atom. The second kappa shape index (κ2) is 6.24. The molecular formula is C18H17ClN2O. The Balaban J connectivity index is 1.75. The SMILES string of the molecule is CCc1ccc2c(ccn2CC(=O)Nc2ccc(Cl)cc2)c1. The minimum atomic E-state index is -0.0561. The number of aryl methyl sites for hydroxylation is 1. The van der Waals surface area contributed by atoms with Crippen LogP contribution in [0.15, 0.2) is 54.7 Å². The number of benzene rings is 2. The number of carbonyl (C=O) groups excluding carboxylic acids is 1. The fourth-order valence-electron chi connectivity index (χ4n) is 2.50. The Bertz CT molecular complexity index is 806. The molecule has 0 aliphatic heterocycles. The van der Waals surface area contributed by atoms with E-state index in [9.17, 15) is 4.79 Å². The molecule has 0 atom stereocenters. The first-order valence-electron chi connectivity index (χ1n) is 7.29. The Morgan fingerprint density at radius 2 is 1.91 bits per heavy atom. The lowest BCUT2D eigenvalue weighted by Crippen LogP contribution is -2.18. The molecule has 0 unspecified atom stereocenters. The molecule has 3 nitrogen and oxygen atoms in total. The molecule has 1 heterocycles. The number of hydrogen-bond donors (Lipinski definition) is 1. The smallest absolute Gasteiger partial charge is 0.244 e. The lowest BCUT2D eigenvalue weighted by atomic mass is 10.1. The number of anilines is 1. The molecule has 2 aromatic carbocycles. The van der Waals surface area contributed by atoms with E-state index >= 15 is 0 Å². The zero-order valence-electron chi connectivity index (χ0n) is 12.3. The summed E-state index contributed by atoms with van der Waals surface area (Å²) in [5.41, 5.74) is 3.12. The van der Waals surface area contributed by atoms with Gasteiger partial charge in [-0.15, -0.1) is 0 Å². The van der Waals surface area contributed by atoms with Crippen LogP contribution in [0.3, 0.4) is 0 Å². The van der Waals surface area contributed by atoms with Crippen LogP contribution in [0.4, 0.5) is 5.69 Å². The van der Waals surface area contributed by atoms with Gasteiger partial charge in [-0.3, -0.25) is 4.79 Å². The Morgan fingerprint density at radius 3 is 2.64 bits per heavy atom. The van der Waals surface area contributed by atoms with Crippen molar-refractivity contribution in [1.82, 2.24) is 4.57 Å². The molecule has 1 N–H and O–H groups in total. The number of amides is 1. The van der Waals surface area contributed by atoms with Gasteiger partial charge >= 0.3 is 0 Å². The highest BCUT2D eigenvalue weighted by atomic mass is 35.5. The van der Waals surface area contributed by atoms with Crippen molar-refractivity contribution in [1.29, 1.82) is 0 Å². The van der Waals surface area contributed by atoms with Gasteiger partial charge in [-0.05, 0) is 59.8 Å². The van der Waals surface area contributed by atoms with E-state index in [4.69, 9.17) is 11.6 Å². The summed E-state index contributed by atoms with van der Waals surface area (Å²) in [7, 11) is 0. The van der Waals surface area contributed by atoms with Crippen LogP contribution in [0.5, 0.6) is 0 Å². The Hall–Kier alpha value is -2.26. The molecule has 1 aromatic heterocycles. The molecule has 0 aliphatic rings. The number of nitrogens with zero attached hydrogens (tertiary/aromatic N) is 1. The molecule has 0 fully saturated rings. The third-order valence-electron chi connectivity index (χ3n) is 3.69. The zero-order chi connectivity index (χ0) is 15.5. The number of fused-ring (bicyclic) bond motifs is 1. The van der Waals surface area contributed by atoms with Gasteiger partial charge in [-0.25, -0.2) is 0 Å². The first kappa shape index (κ1) is 14.7. The number of nitrogens with one attached hydrogen (secondary N) is 1. The van der Waals surface area contributed by atoms with Gasteiger partial charge in [0, 0.05) is 22.4 Å². The summed E-state index contributed by atoms with van der Waals surface area (Å²) < 4.78 is 1.96. The number of halogens is 1. The quantitative estimate of drug-likeness (QED) is 0.756. The highest BCUT2D eigenvalue weighted by Crippen LogP contribution is 2.18. The fraction of sp³-hybridized carbons (Fsp3) is 0.167. The standard InChI is InChI=1S/C18H17ClN2O/c1-2-13-3-8-17-14(11-13)9-10-21(17)12-18(22)20-16-6-4-15(19)5-7-16/h3-11H,2,12H2,1H3,(H,20,22). The predicted octanol–water partition coefficient (Wildman–Crippen LogP) is 4.50. The molecule has 1 amide bonds. The summed E-state index contributed by atoms with van der Waals surface area (Å²) in [5.74, 6) is -0.0561. The van der Waals surface area contributed by atoms with Crippen molar-refractivity contribution in [3.8, 4) is 0 Å². The van der Waals surface area contributed by atoms with E-state index in [1.165, 1.54) is 10.9 Å². The average molecular weight is 313 g/mol. The van der Waals surface area contributed by atoms with Crippen LogP contribution in [0.1, 0.15) is 12.5 Å². The lowest BCUT2D eigenvalue weighted by Gasteiger charge is -2.08. The maximum atomic E-state index is 12.2. The molecule has 0 spiro atoms. The molecule has 0 bridgehead atoms. The van der Waals surface area contributed by atoms with Crippen LogP contribution in [-0.4, -0.2) is 10.5 Å². The maximum Gasteiger partial charge on any atom is 0.244 e. The van der Waals surface area contributed by atoms with E-state index in [2.05, 4.69) is 30.4 Å². The predicted molar refractivity (Wildman–Crippen MR) is 91.4 cm³/mol. The van der Waals surface area contributed by atoms with Crippen molar-refractivity contribution < 1.29 is 4.79 Å². The van der Waals surface area contributed by atoms with Gasteiger partial charge in [0.05, 0.1) is 0 Å². The first-order chi connectivity index (χ1) is 10.7. The van der Waals surface area contributed by atoms with Crippen molar-refractivity contribution in [2.75, 3.05) is 5.32 Å². The second-order valence-corrected chi connectivity index (χ2v) is 5.68. The topological polar surface area (TPSA) is 34.0 Å². The zero-order valence-corrected chi connectivity index (χ0v) is 13.1. The van der Waals surface area contributed by atoms with Gasteiger partial charge in [-0.1, -0.05) is 24.6 Å². The molecule has 112 valence electrons. The van der Waals surface area contributed by atoms with Gasteiger partial charge < -0.3 is 9.88 Å². The number of rotatable bonds is 4. The van der Waals surface area contributed by atoms with Gasteiger partial charge in [0.2, 0.25) is 5.91 Å². The largest absolute Gasteiger partial charge is 0.338 e. The minimum absolute atomic E-state index is 0.0561. The summed E-state index contributed by atoms with van der Waals surface area (Å²) in [4.78, 5) is 12.2. The van der Waals surface area contributed by atoms with Crippen molar-refractivity contribution in [2.24, 2.45) is 0 Å². The van der Waals surface area contributed by atoms with E-state index in [0.29, 0.717) is 5.02 Å². The van der Waals surface area contributed by atoms with Crippen LogP contribution < -0.4 is 5.32 Å². The maximum absolute atomic E-state index is 12.2. The minimum Gasteiger partial charge on any atom is -0.338 e. The normalized spacial score (nSPS) is 10.8. The summed E-state index contributed by atoms with van der Waals surface area (Å²) in [6, 6.07) is 15.5. The van der Waals surface area contributed by atoms with E-state index in [0.717, 1.165) is 17.6 Å². The molecule has 3 rings (SSSR count). The summed E-state index contributed by atoms with van der Waals surface area (Å²) in [6.07, 6.45) is 2.96. The fourth-order valence-corrected chi connectivity index (χ4v) is 2.62. The highest BCUT2D eigenvalue weighted by Gasteiger charge is 2.07. The van der Waals surface area contributed by atoms with Crippen LogP contribution in [0.25, 0.3) is 10.9 Å². The van der Waals surface area contributed by atoms with Crippen LogP contribution in [0.2, 0.25) is 5.02 Å². The first-order valence-corrected chi connectivity index (χ1v) is 7.66. The molecule has 4 heteroatoms. The second-order valence-electron chi connectivity index (χ2n) is 5.25. The van der Waals surface area contributed by atoms with Crippen LogP contribution in [0, 0.1) is 0 Å². The lowest BCUT2D eigenvalue weighted by molar-refractivity contribution is -0.116. The third kappa shape index (κ3) is 3.15. The van der Waals surface area contributed by atoms with Crippen LogP contribution in [-0.2, 0) is 17.8 Å². The van der Waals surface area contributed by atoms with Gasteiger partial charge in [0.25, 0.3) is 0 Å². The van der Waals surface area contributed by atoms with Crippen molar-refractivity contribution in [3.05, 3.63) is 65.3 Å². The van der Waals surface area contributed by atoms with Gasteiger partial charge in [0.15, 0.2) is 0 Å². The van der Waals surface area contributed by atoms with Crippen molar-refractivity contribution in [3.63, 3.8) is 0 Å². The third-order valence-corrected chi connectivity index (χ3v) is 3.94. The molecule has 0 radical (unpaired) electrons. The van der Waals surface area contributed by atoms with E-state index in [-0.39, 0.29) is 12.5 Å². The summed E-state index contributed by atoms with van der Waals surface area (Å²) in [6.45, 7) is 2.43. The highest BCUT2D eigenvalue weighted by molar-refractivity contribution is 6.30. The van der Waals surface area contributed by atoms with Crippen molar-refractivity contribution in [2.45, 2.75) is 19.9 Å². The Kier molecular flexibility index (Phi) is 4.16. The van der Waals surface area contributed by atoms with Gasteiger partial charge in [0.1, 0.15) is 6.54 Å². The Labute approximate surface area is 134 Å². The average Bonchev–Trinajstić information content (AvgIpc) is 2.91. The molecule has 0 saturated carbocycles. The van der Waals surface area contributed by atoms with E-state index < -0.39 is 0 Å².